The lowest BCUT2D eigenvalue weighted by Gasteiger charge is -2.03. The summed E-state index contributed by atoms with van der Waals surface area (Å²) in [6, 6.07) is 3.80. The average molecular weight is 194 g/mol. The van der Waals surface area contributed by atoms with Crippen LogP contribution in [0.4, 0.5) is 5.82 Å². The fourth-order valence-corrected chi connectivity index (χ4v) is 1.24. The first kappa shape index (κ1) is 10.9. The molecule has 0 unspecified atom stereocenters. The Morgan fingerprint density at radius 3 is 2.79 bits per heavy atom. The Kier molecular flexibility index (Phi) is 5.66. The van der Waals surface area contributed by atoms with E-state index in [-0.39, 0.29) is 0 Å². The molecule has 1 heterocycles. The van der Waals surface area contributed by atoms with E-state index in [1.807, 2.05) is 12.1 Å². The lowest BCUT2D eigenvalue weighted by Crippen LogP contribution is -2.04. The van der Waals surface area contributed by atoms with Crippen LogP contribution in [0.3, 0.4) is 0 Å². The number of nitrogens with zero attached hydrogens (tertiary/aromatic N) is 2. The van der Waals surface area contributed by atoms with E-state index in [2.05, 4.69) is 15.5 Å². The van der Waals surface area contributed by atoms with Crippen LogP contribution in [-0.4, -0.2) is 23.3 Å². The Bertz CT molecular complexity index is 225. The highest BCUT2D eigenvalue weighted by Crippen LogP contribution is 2.01. The molecule has 1 aromatic heterocycles. The molecule has 0 bridgehead atoms. The van der Waals surface area contributed by atoms with Gasteiger partial charge in [0.25, 0.3) is 0 Å². The zero-order valence-corrected chi connectivity index (χ0v) is 8.45. The normalized spacial score (nSPS) is 10.1. The van der Waals surface area contributed by atoms with Crippen molar-refractivity contribution in [3.8, 4) is 0 Å². The summed E-state index contributed by atoms with van der Waals surface area (Å²) in [5, 5.41) is 10.9. The van der Waals surface area contributed by atoms with Crippen molar-refractivity contribution in [1.82, 2.24) is 10.2 Å². The molecule has 0 radical (unpaired) electrons. The minimum Gasteiger partial charge on any atom is -0.369 e. The monoisotopic (exact) mass is 194 g/mol. The topological polar surface area (TPSA) is 63.8 Å². The molecule has 0 aliphatic rings. The molecule has 1 aromatic rings. The predicted molar refractivity (Wildman–Crippen MR) is 58.0 cm³/mol. The van der Waals surface area contributed by atoms with Gasteiger partial charge >= 0.3 is 0 Å². The van der Waals surface area contributed by atoms with Gasteiger partial charge in [0.1, 0.15) is 5.82 Å². The Balaban J connectivity index is 1.99. The van der Waals surface area contributed by atoms with Gasteiger partial charge in [0.15, 0.2) is 0 Å². The molecule has 0 aliphatic carbocycles. The molecular formula is C10H18N4. The van der Waals surface area contributed by atoms with Gasteiger partial charge in [0.2, 0.25) is 0 Å². The van der Waals surface area contributed by atoms with Gasteiger partial charge in [-0.2, -0.15) is 5.10 Å². The fourth-order valence-electron chi connectivity index (χ4n) is 1.24. The zero-order valence-electron chi connectivity index (χ0n) is 8.45. The second-order valence-corrected chi connectivity index (χ2v) is 3.24. The lowest BCUT2D eigenvalue weighted by molar-refractivity contribution is 0.660. The molecule has 0 amide bonds. The first-order valence-electron chi connectivity index (χ1n) is 5.15. The SMILES string of the molecule is NCCCCCCNc1cccnn1. The van der Waals surface area contributed by atoms with Gasteiger partial charge in [-0.1, -0.05) is 12.8 Å². The number of unbranched alkanes of at least 4 members (excludes halogenated alkanes) is 3. The second-order valence-electron chi connectivity index (χ2n) is 3.24. The van der Waals surface area contributed by atoms with Crippen LogP contribution in [0, 0.1) is 0 Å². The van der Waals surface area contributed by atoms with Gasteiger partial charge in [-0.3, -0.25) is 0 Å². The standard InChI is InChI=1S/C10H18N4/c11-7-3-1-2-4-8-12-10-6-5-9-13-14-10/h5-6,9H,1-4,7-8,11H2,(H,12,14). The highest BCUT2D eigenvalue weighted by molar-refractivity contribution is 5.30. The summed E-state index contributed by atoms with van der Waals surface area (Å²) < 4.78 is 0. The van der Waals surface area contributed by atoms with Crippen LogP contribution in [0.2, 0.25) is 0 Å². The van der Waals surface area contributed by atoms with Gasteiger partial charge in [0, 0.05) is 12.7 Å². The second kappa shape index (κ2) is 7.26. The molecule has 0 atom stereocenters. The Hall–Kier alpha value is -1.16. The predicted octanol–water partition coefficient (Wildman–Crippen LogP) is 1.41. The molecule has 0 spiro atoms. The average Bonchev–Trinajstić information content (AvgIpc) is 2.25. The summed E-state index contributed by atoms with van der Waals surface area (Å²) in [5.41, 5.74) is 5.40. The van der Waals surface area contributed by atoms with Crippen LogP contribution in [-0.2, 0) is 0 Å². The fraction of sp³-hybridized carbons (Fsp3) is 0.600. The minimum atomic E-state index is 0.803. The Labute approximate surface area is 84.9 Å². The number of anilines is 1. The van der Waals surface area contributed by atoms with E-state index in [4.69, 9.17) is 5.73 Å². The molecule has 4 heteroatoms. The molecule has 0 fully saturated rings. The van der Waals surface area contributed by atoms with Crippen molar-refractivity contribution in [2.24, 2.45) is 5.73 Å². The smallest absolute Gasteiger partial charge is 0.148 e. The van der Waals surface area contributed by atoms with E-state index in [0.717, 1.165) is 31.7 Å². The van der Waals surface area contributed by atoms with E-state index >= 15 is 0 Å². The molecule has 1 rings (SSSR count). The molecule has 0 saturated heterocycles. The van der Waals surface area contributed by atoms with Crippen molar-refractivity contribution in [1.29, 1.82) is 0 Å². The molecule has 78 valence electrons. The molecule has 3 N–H and O–H groups in total. The third-order valence-electron chi connectivity index (χ3n) is 2.01. The summed E-state index contributed by atoms with van der Waals surface area (Å²) in [7, 11) is 0. The maximum Gasteiger partial charge on any atom is 0.148 e. The lowest BCUT2D eigenvalue weighted by atomic mass is 10.2. The third kappa shape index (κ3) is 4.77. The van der Waals surface area contributed by atoms with Crippen molar-refractivity contribution in [3.63, 3.8) is 0 Å². The molecule has 0 aromatic carbocycles. The summed E-state index contributed by atoms with van der Waals surface area (Å²) in [6.45, 7) is 1.76. The molecule has 14 heavy (non-hydrogen) atoms. The van der Waals surface area contributed by atoms with Crippen molar-refractivity contribution in [2.45, 2.75) is 25.7 Å². The largest absolute Gasteiger partial charge is 0.369 e. The van der Waals surface area contributed by atoms with Gasteiger partial charge in [-0.05, 0) is 31.5 Å². The molecule has 0 saturated carbocycles. The van der Waals surface area contributed by atoms with Crippen LogP contribution in [0.5, 0.6) is 0 Å². The quantitative estimate of drug-likeness (QED) is 0.644. The van der Waals surface area contributed by atoms with Crippen LogP contribution in [0.25, 0.3) is 0 Å². The first-order chi connectivity index (χ1) is 6.93. The summed E-state index contributed by atoms with van der Waals surface area (Å²) in [6.07, 6.45) is 6.41. The van der Waals surface area contributed by atoms with E-state index in [9.17, 15) is 0 Å². The minimum absolute atomic E-state index is 0.803. The Morgan fingerprint density at radius 1 is 1.21 bits per heavy atom. The molecule has 0 aliphatic heterocycles. The van der Waals surface area contributed by atoms with E-state index in [1.165, 1.54) is 12.8 Å². The highest BCUT2D eigenvalue weighted by atomic mass is 15.2. The van der Waals surface area contributed by atoms with Gasteiger partial charge in [0.05, 0.1) is 0 Å². The summed E-state index contributed by atoms with van der Waals surface area (Å²) >= 11 is 0. The van der Waals surface area contributed by atoms with E-state index in [0.29, 0.717) is 0 Å². The zero-order chi connectivity index (χ0) is 10.1. The van der Waals surface area contributed by atoms with Crippen molar-refractivity contribution < 1.29 is 0 Å². The first-order valence-corrected chi connectivity index (χ1v) is 5.15. The van der Waals surface area contributed by atoms with Crippen molar-refractivity contribution in [3.05, 3.63) is 18.3 Å². The van der Waals surface area contributed by atoms with Crippen molar-refractivity contribution >= 4 is 5.82 Å². The number of hydrogen-bond acceptors (Lipinski definition) is 4. The van der Waals surface area contributed by atoms with E-state index in [1.54, 1.807) is 6.20 Å². The third-order valence-corrected chi connectivity index (χ3v) is 2.01. The van der Waals surface area contributed by atoms with Gasteiger partial charge in [-0.25, -0.2) is 0 Å². The van der Waals surface area contributed by atoms with Crippen LogP contribution < -0.4 is 11.1 Å². The van der Waals surface area contributed by atoms with E-state index < -0.39 is 0 Å². The maximum atomic E-state index is 5.40. The Morgan fingerprint density at radius 2 is 2.07 bits per heavy atom. The molecular weight excluding hydrogens is 176 g/mol. The van der Waals surface area contributed by atoms with Crippen LogP contribution in [0.1, 0.15) is 25.7 Å². The summed E-state index contributed by atoms with van der Waals surface area (Å²) in [5.74, 6) is 0.853. The molecule has 4 nitrogen and oxygen atoms in total. The number of nitrogens with two attached hydrogens (primary N) is 1. The number of aromatic nitrogens is 2. The number of nitrogens with one attached hydrogen (secondary N) is 1. The summed E-state index contributed by atoms with van der Waals surface area (Å²) in [4.78, 5) is 0. The van der Waals surface area contributed by atoms with Crippen molar-refractivity contribution in [2.75, 3.05) is 18.4 Å². The highest BCUT2D eigenvalue weighted by Gasteiger charge is 1.91. The van der Waals surface area contributed by atoms with Gasteiger partial charge < -0.3 is 11.1 Å². The maximum absolute atomic E-state index is 5.40. The van der Waals surface area contributed by atoms with Crippen LogP contribution in [0.15, 0.2) is 18.3 Å². The number of hydrogen-bond donors (Lipinski definition) is 2. The van der Waals surface area contributed by atoms with Crippen LogP contribution >= 0.6 is 0 Å². The number of rotatable bonds is 7. The van der Waals surface area contributed by atoms with Gasteiger partial charge in [-0.15, -0.1) is 5.10 Å².